The maximum Gasteiger partial charge on any atom is 0.333 e. The predicted molar refractivity (Wildman–Crippen MR) is 79.8 cm³/mol. The molecule has 21 heavy (non-hydrogen) atoms. The van der Waals surface area contributed by atoms with Crippen LogP contribution in [0, 0.1) is 0 Å². The largest absolute Gasteiger partial charge is 0.508 e. The number of phenolic OH excluding ortho intramolecular Hbond substituents is 1. The van der Waals surface area contributed by atoms with Crippen LogP contribution in [-0.2, 0) is 11.2 Å². The third kappa shape index (κ3) is 2.55. The van der Waals surface area contributed by atoms with Crippen molar-refractivity contribution in [3.63, 3.8) is 0 Å². The average molecular weight is 303 g/mol. The van der Waals surface area contributed by atoms with Gasteiger partial charge in [0.1, 0.15) is 5.75 Å². The highest BCUT2D eigenvalue weighted by molar-refractivity contribution is 6.30. The Kier molecular flexibility index (Phi) is 3.27. The van der Waals surface area contributed by atoms with Gasteiger partial charge < -0.3 is 10.4 Å². The molecule has 0 bridgehead atoms. The summed E-state index contributed by atoms with van der Waals surface area (Å²) in [4.78, 5) is 25.3. The van der Waals surface area contributed by atoms with E-state index in [1.807, 2.05) is 0 Å². The number of urea groups is 1. The number of fused-ring (bicyclic) bond motifs is 1. The zero-order valence-corrected chi connectivity index (χ0v) is 11.6. The number of hydrogen-bond acceptors (Lipinski definition) is 3. The van der Waals surface area contributed by atoms with E-state index in [2.05, 4.69) is 5.32 Å². The molecule has 3 amide bonds. The van der Waals surface area contributed by atoms with Gasteiger partial charge in [-0.15, -0.1) is 0 Å². The lowest BCUT2D eigenvalue weighted by molar-refractivity contribution is -0.116. The Hall–Kier alpha value is -2.53. The highest BCUT2D eigenvalue weighted by atomic mass is 35.5. The molecule has 2 N–H and O–H groups in total. The number of amides is 3. The van der Waals surface area contributed by atoms with Crippen LogP contribution in [0.3, 0.4) is 0 Å². The quantitative estimate of drug-likeness (QED) is 0.850. The highest BCUT2D eigenvalue weighted by Gasteiger charge is 2.32. The Morgan fingerprint density at radius 1 is 1.19 bits per heavy atom. The van der Waals surface area contributed by atoms with E-state index in [0.29, 0.717) is 22.0 Å². The monoisotopic (exact) mass is 302 g/mol. The van der Waals surface area contributed by atoms with E-state index in [-0.39, 0.29) is 18.1 Å². The number of benzene rings is 2. The molecule has 0 saturated carbocycles. The second kappa shape index (κ2) is 5.10. The maximum atomic E-state index is 12.3. The summed E-state index contributed by atoms with van der Waals surface area (Å²) in [5, 5.41) is 12.6. The summed E-state index contributed by atoms with van der Waals surface area (Å²) in [6, 6.07) is 10.5. The molecule has 0 unspecified atom stereocenters. The lowest BCUT2D eigenvalue weighted by atomic mass is 10.1. The van der Waals surface area contributed by atoms with E-state index < -0.39 is 6.03 Å². The first-order valence-corrected chi connectivity index (χ1v) is 6.64. The summed E-state index contributed by atoms with van der Waals surface area (Å²) in [5.41, 5.74) is 1.67. The van der Waals surface area contributed by atoms with Gasteiger partial charge >= 0.3 is 6.03 Å². The number of carbonyl (C=O) groups is 2. The molecule has 2 aromatic carbocycles. The van der Waals surface area contributed by atoms with Gasteiger partial charge in [0.2, 0.25) is 5.91 Å². The van der Waals surface area contributed by atoms with E-state index in [4.69, 9.17) is 11.6 Å². The fourth-order valence-electron chi connectivity index (χ4n) is 2.24. The molecule has 5 nitrogen and oxygen atoms in total. The van der Waals surface area contributed by atoms with Gasteiger partial charge in [0.05, 0.1) is 12.1 Å². The van der Waals surface area contributed by atoms with Crippen molar-refractivity contribution in [1.29, 1.82) is 0 Å². The minimum Gasteiger partial charge on any atom is -0.508 e. The number of nitrogens with zero attached hydrogens (tertiary/aromatic N) is 1. The minimum absolute atomic E-state index is 0.0708. The molecule has 1 heterocycles. The van der Waals surface area contributed by atoms with Gasteiger partial charge in [0.25, 0.3) is 0 Å². The maximum absolute atomic E-state index is 12.3. The number of aromatic hydroxyl groups is 1. The minimum atomic E-state index is -0.535. The first-order valence-electron chi connectivity index (χ1n) is 6.26. The summed E-state index contributed by atoms with van der Waals surface area (Å²) < 4.78 is 0. The van der Waals surface area contributed by atoms with Crippen molar-refractivity contribution in [2.24, 2.45) is 0 Å². The van der Waals surface area contributed by atoms with Crippen LogP contribution >= 0.6 is 11.6 Å². The standard InChI is InChI=1S/C15H11ClN2O3/c16-10-1-3-11(4-2-10)17-15(21)18-13-6-5-12(19)7-9(13)8-14(18)20/h1-7,19H,8H2,(H,17,21). The molecule has 0 spiro atoms. The Morgan fingerprint density at radius 3 is 2.62 bits per heavy atom. The predicted octanol–water partition coefficient (Wildman–Crippen LogP) is 3.17. The topological polar surface area (TPSA) is 69.6 Å². The number of phenols is 1. The fraction of sp³-hybridized carbons (Fsp3) is 0.0667. The number of halogens is 1. The summed E-state index contributed by atoms with van der Waals surface area (Å²) in [6.45, 7) is 0. The number of anilines is 2. The van der Waals surface area contributed by atoms with Crippen LogP contribution in [0.15, 0.2) is 42.5 Å². The number of rotatable bonds is 1. The Morgan fingerprint density at radius 2 is 1.90 bits per heavy atom. The Bertz CT molecular complexity index is 728. The second-order valence-corrected chi connectivity index (χ2v) is 5.09. The molecular formula is C15H11ClN2O3. The average Bonchev–Trinajstić information content (AvgIpc) is 2.76. The SMILES string of the molecule is O=C1Cc2cc(O)ccc2N1C(=O)Nc1ccc(Cl)cc1. The van der Waals surface area contributed by atoms with Crippen molar-refractivity contribution in [2.75, 3.05) is 10.2 Å². The summed E-state index contributed by atoms with van der Waals surface area (Å²) in [7, 11) is 0. The molecule has 0 aliphatic carbocycles. The van der Waals surface area contributed by atoms with Gasteiger partial charge in [0, 0.05) is 10.7 Å². The number of nitrogens with one attached hydrogen (secondary N) is 1. The molecule has 0 fully saturated rings. The lowest BCUT2D eigenvalue weighted by Gasteiger charge is -2.16. The summed E-state index contributed by atoms with van der Waals surface area (Å²) in [5.74, 6) is -0.261. The van der Waals surface area contributed by atoms with Crippen LogP contribution in [0.25, 0.3) is 0 Å². The van der Waals surface area contributed by atoms with Crippen molar-refractivity contribution in [1.82, 2.24) is 0 Å². The van der Waals surface area contributed by atoms with Crippen LogP contribution < -0.4 is 10.2 Å². The smallest absolute Gasteiger partial charge is 0.333 e. The molecule has 0 atom stereocenters. The van der Waals surface area contributed by atoms with Gasteiger partial charge in [-0.3, -0.25) is 4.79 Å². The van der Waals surface area contributed by atoms with Crippen LogP contribution in [0.5, 0.6) is 5.75 Å². The second-order valence-electron chi connectivity index (χ2n) is 4.66. The first kappa shape index (κ1) is 13.5. The van der Waals surface area contributed by atoms with Gasteiger partial charge in [0.15, 0.2) is 0 Å². The highest BCUT2D eigenvalue weighted by Crippen LogP contribution is 2.32. The van der Waals surface area contributed by atoms with E-state index in [1.54, 1.807) is 30.3 Å². The van der Waals surface area contributed by atoms with E-state index >= 15 is 0 Å². The number of imide groups is 1. The van der Waals surface area contributed by atoms with Crippen molar-refractivity contribution >= 4 is 34.9 Å². The van der Waals surface area contributed by atoms with Crippen LogP contribution in [0.1, 0.15) is 5.56 Å². The molecular weight excluding hydrogens is 292 g/mol. The van der Waals surface area contributed by atoms with Crippen LogP contribution in [0.4, 0.5) is 16.2 Å². The summed E-state index contributed by atoms with van der Waals surface area (Å²) >= 11 is 5.78. The van der Waals surface area contributed by atoms with Crippen LogP contribution in [-0.4, -0.2) is 17.0 Å². The molecule has 0 aromatic heterocycles. The Balaban J connectivity index is 1.85. The van der Waals surface area contributed by atoms with Gasteiger partial charge in [-0.05, 0) is 48.0 Å². The van der Waals surface area contributed by atoms with Crippen molar-refractivity contribution < 1.29 is 14.7 Å². The third-order valence-corrected chi connectivity index (χ3v) is 3.45. The molecule has 6 heteroatoms. The lowest BCUT2D eigenvalue weighted by Crippen LogP contribution is -2.37. The van der Waals surface area contributed by atoms with Crippen LogP contribution in [0.2, 0.25) is 5.02 Å². The van der Waals surface area contributed by atoms with E-state index in [0.717, 1.165) is 4.90 Å². The van der Waals surface area contributed by atoms with Gasteiger partial charge in [-0.1, -0.05) is 11.6 Å². The molecule has 1 aliphatic heterocycles. The van der Waals surface area contributed by atoms with Gasteiger partial charge in [-0.25, -0.2) is 9.69 Å². The molecule has 2 aromatic rings. The first-order chi connectivity index (χ1) is 10.0. The normalized spacial score (nSPS) is 13.2. The zero-order chi connectivity index (χ0) is 15.0. The molecule has 106 valence electrons. The third-order valence-electron chi connectivity index (χ3n) is 3.19. The summed E-state index contributed by atoms with van der Waals surface area (Å²) in [6.07, 6.45) is 0.0950. The van der Waals surface area contributed by atoms with Crippen molar-refractivity contribution in [3.8, 4) is 5.75 Å². The molecule has 0 radical (unpaired) electrons. The molecule has 1 aliphatic rings. The van der Waals surface area contributed by atoms with Crippen molar-refractivity contribution in [2.45, 2.75) is 6.42 Å². The number of hydrogen-bond donors (Lipinski definition) is 2. The van der Waals surface area contributed by atoms with Crippen molar-refractivity contribution in [3.05, 3.63) is 53.1 Å². The molecule has 0 saturated heterocycles. The Labute approximate surface area is 125 Å². The van der Waals surface area contributed by atoms with E-state index in [9.17, 15) is 14.7 Å². The van der Waals surface area contributed by atoms with E-state index in [1.165, 1.54) is 12.1 Å². The zero-order valence-electron chi connectivity index (χ0n) is 10.8. The molecule has 3 rings (SSSR count). The number of carbonyl (C=O) groups excluding carboxylic acids is 2. The fourth-order valence-corrected chi connectivity index (χ4v) is 2.37. The van der Waals surface area contributed by atoms with Gasteiger partial charge in [-0.2, -0.15) is 0 Å².